The topological polar surface area (TPSA) is 27.6 Å². The number of aliphatic imine (C=N–C) groups is 1. The van der Waals surface area contributed by atoms with E-state index in [1.165, 1.54) is 5.56 Å². The van der Waals surface area contributed by atoms with Crippen molar-refractivity contribution in [1.82, 2.24) is 10.2 Å². The Morgan fingerprint density at radius 3 is 2.65 bits per heavy atom. The number of nitrogens with one attached hydrogen (secondary N) is 1. The van der Waals surface area contributed by atoms with Crippen molar-refractivity contribution in [3.05, 3.63) is 47.5 Å². The molecule has 0 bridgehead atoms. The fraction of sp³-hybridized carbons (Fsp3) is 0.308. The Hall–Kier alpha value is -1.48. The van der Waals surface area contributed by atoms with E-state index in [9.17, 15) is 0 Å². The van der Waals surface area contributed by atoms with Gasteiger partial charge in [0.1, 0.15) is 0 Å². The van der Waals surface area contributed by atoms with Crippen molar-refractivity contribution in [1.29, 1.82) is 0 Å². The van der Waals surface area contributed by atoms with Crippen LogP contribution >= 0.6 is 11.6 Å². The van der Waals surface area contributed by atoms with Gasteiger partial charge in [0.05, 0.1) is 0 Å². The summed E-state index contributed by atoms with van der Waals surface area (Å²) in [5.41, 5.74) is 1.19. The second-order valence-electron chi connectivity index (χ2n) is 3.70. The van der Waals surface area contributed by atoms with Gasteiger partial charge in [0.15, 0.2) is 5.96 Å². The number of guanidine groups is 1. The van der Waals surface area contributed by atoms with Gasteiger partial charge >= 0.3 is 0 Å². The first-order valence-electron chi connectivity index (χ1n) is 5.44. The van der Waals surface area contributed by atoms with Crippen LogP contribution in [-0.2, 0) is 6.54 Å². The number of benzene rings is 1. The van der Waals surface area contributed by atoms with Crippen LogP contribution in [0.2, 0.25) is 5.02 Å². The maximum absolute atomic E-state index is 5.85. The molecule has 0 amide bonds. The van der Waals surface area contributed by atoms with E-state index in [2.05, 4.69) is 16.9 Å². The van der Waals surface area contributed by atoms with Crippen LogP contribution in [-0.4, -0.2) is 31.5 Å². The monoisotopic (exact) mass is 251 g/mol. The molecule has 1 aromatic rings. The van der Waals surface area contributed by atoms with Gasteiger partial charge in [-0.3, -0.25) is 4.99 Å². The Morgan fingerprint density at radius 1 is 1.47 bits per heavy atom. The lowest BCUT2D eigenvalue weighted by Gasteiger charge is -2.21. The van der Waals surface area contributed by atoms with Crippen LogP contribution in [0.1, 0.15) is 5.56 Å². The number of halogens is 1. The molecule has 0 radical (unpaired) electrons. The van der Waals surface area contributed by atoms with Crippen molar-refractivity contribution in [2.45, 2.75) is 6.54 Å². The minimum atomic E-state index is 0.706. The van der Waals surface area contributed by atoms with E-state index in [-0.39, 0.29) is 0 Å². The van der Waals surface area contributed by atoms with Gasteiger partial charge in [0, 0.05) is 32.2 Å². The molecule has 0 aliphatic heterocycles. The first kappa shape index (κ1) is 13.6. The van der Waals surface area contributed by atoms with Crippen LogP contribution in [0.3, 0.4) is 0 Å². The summed E-state index contributed by atoms with van der Waals surface area (Å²) in [5, 5.41) is 3.94. The van der Waals surface area contributed by atoms with Crippen LogP contribution in [0, 0.1) is 0 Å². The summed E-state index contributed by atoms with van der Waals surface area (Å²) < 4.78 is 0. The molecule has 3 nitrogen and oxygen atoms in total. The van der Waals surface area contributed by atoms with Gasteiger partial charge in [-0.05, 0) is 17.7 Å². The predicted octanol–water partition coefficient (Wildman–Crippen LogP) is 2.53. The maximum atomic E-state index is 5.85. The summed E-state index contributed by atoms with van der Waals surface area (Å²) in [7, 11) is 3.76. The van der Waals surface area contributed by atoms with Crippen molar-refractivity contribution in [2.24, 2.45) is 4.99 Å². The molecule has 4 heteroatoms. The van der Waals surface area contributed by atoms with E-state index < -0.39 is 0 Å². The summed E-state index contributed by atoms with van der Waals surface area (Å²) in [6.45, 7) is 5.16. The van der Waals surface area contributed by atoms with Crippen LogP contribution in [0.4, 0.5) is 0 Å². The Kier molecular flexibility index (Phi) is 5.57. The number of hydrogen-bond donors (Lipinski definition) is 1. The molecule has 0 saturated heterocycles. The second kappa shape index (κ2) is 6.97. The van der Waals surface area contributed by atoms with Crippen molar-refractivity contribution in [2.75, 3.05) is 20.6 Å². The Balaban J connectivity index is 2.60. The zero-order valence-electron chi connectivity index (χ0n) is 10.3. The zero-order chi connectivity index (χ0) is 12.7. The first-order chi connectivity index (χ1) is 8.17. The van der Waals surface area contributed by atoms with Gasteiger partial charge in [0.25, 0.3) is 0 Å². The highest BCUT2D eigenvalue weighted by molar-refractivity contribution is 6.30. The van der Waals surface area contributed by atoms with Crippen LogP contribution < -0.4 is 5.32 Å². The van der Waals surface area contributed by atoms with Gasteiger partial charge in [0.2, 0.25) is 0 Å². The minimum Gasteiger partial charge on any atom is -0.353 e. The summed E-state index contributed by atoms with van der Waals surface area (Å²) in [6, 6.07) is 7.81. The second-order valence-corrected chi connectivity index (χ2v) is 4.14. The highest BCUT2D eigenvalue weighted by Crippen LogP contribution is 2.10. The van der Waals surface area contributed by atoms with E-state index in [0.717, 1.165) is 17.5 Å². The quantitative estimate of drug-likeness (QED) is 0.506. The van der Waals surface area contributed by atoms with E-state index in [1.54, 1.807) is 13.1 Å². The zero-order valence-corrected chi connectivity index (χ0v) is 11.0. The molecule has 0 atom stereocenters. The van der Waals surface area contributed by atoms with Crippen molar-refractivity contribution in [3.63, 3.8) is 0 Å². The Bertz CT molecular complexity index is 384. The van der Waals surface area contributed by atoms with E-state index in [0.29, 0.717) is 6.54 Å². The largest absolute Gasteiger partial charge is 0.353 e. The first-order valence-corrected chi connectivity index (χ1v) is 5.82. The molecule has 1 aromatic carbocycles. The van der Waals surface area contributed by atoms with Crippen molar-refractivity contribution in [3.8, 4) is 0 Å². The van der Waals surface area contributed by atoms with Crippen LogP contribution in [0.25, 0.3) is 0 Å². The van der Waals surface area contributed by atoms with Gasteiger partial charge < -0.3 is 10.2 Å². The molecule has 0 spiro atoms. The maximum Gasteiger partial charge on any atom is 0.193 e. The molecular formula is C13H18ClN3. The lowest BCUT2D eigenvalue weighted by Crippen LogP contribution is -2.38. The molecule has 0 fully saturated rings. The highest BCUT2D eigenvalue weighted by atomic mass is 35.5. The Morgan fingerprint density at radius 2 is 2.12 bits per heavy atom. The van der Waals surface area contributed by atoms with E-state index >= 15 is 0 Å². The number of rotatable bonds is 4. The molecule has 0 saturated carbocycles. The highest BCUT2D eigenvalue weighted by Gasteiger charge is 2.05. The smallest absolute Gasteiger partial charge is 0.193 e. The predicted molar refractivity (Wildman–Crippen MR) is 74.5 cm³/mol. The fourth-order valence-corrected chi connectivity index (χ4v) is 1.61. The third kappa shape index (κ3) is 4.49. The SMILES string of the molecule is C=CCNC(=NC)N(C)Cc1ccc(Cl)cc1. The number of nitrogens with zero attached hydrogens (tertiary/aromatic N) is 2. The van der Waals surface area contributed by atoms with Gasteiger partial charge in [-0.1, -0.05) is 29.8 Å². The van der Waals surface area contributed by atoms with Crippen LogP contribution in [0.15, 0.2) is 41.9 Å². The summed E-state index contributed by atoms with van der Waals surface area (Å²) in [5.74, 6) is 0.847. The molecule has 1 rings (SSSR count). The third-order valence-corrected chi connectivity index (χ3v) is 2.56. The molecule has 0 aliphatic rings. The molecule has 0 aromatic heterocycles. The standard InChI is InChI=1S/C13H18ClN3/c1-4-9-16-13(15-2)17(3)10-11-5-7-12(14)8-6-11/h4-8H,1,9-10H2,2-3H3,(H,15,16). The van der Waals surface area contributed by atoms with E-state index in [4.69, 9.17) is 11.6 Å². The molecule has 17 heavy (non-hydrogen) atoms. The van der Waals surface area contributed by atoms with Gasteiger partial charge in [-0.15, -0.1) is 6.58 Å². The summed E-state index contributed by atoms with van der Waals surface area (Å²) in [6.07, 6.45) is 1.81. The van der Waals surface area contributed by atoms with E-state index in [1.807, 2.05) is 36.2 Å². The van der Waals surface area contributed by atoms with Crippen molar-refractivity contribution >= 4 is 17.6 Å². The Labute approximate surface area is 108 Å². The van der Waals surface area contributed by atoms with Crippen molar-refractivity contribution < 1.29 is 0 Å². The van der Waals surface area contributed by atoms with Gasteiger partial charge in [-0.2, -0.15) is 0 Å². The summed E-state index contributed by atoms with van der Waals surface area (Å²) in [4.78, 5) is 6.25. The molecule has 0 heterocycles. The van der Waals surface area contributed by atoms with Gasteiger partial charge in [-0.25, -0.2) is 0 Å². The number of hydrogen-bond acceptors (Lipinski definition) is 1. The lowest BCUT2D eigenvalue weighted by atomic mass is 10.2. The average Bonchev–Trinajstić information content (AvgIpc) is 2.33. The summed E-state index contributed by atoms with van der Waals surface area (Å²) >= 11 is 5.85. The molecule has 1 N–H and O–H groups in total. The fourth-order valence-electron chi connectivity index (χ4n) is 1.49. The minimum absolute atomic E-state index is 0.706. The lowest BCUT2D eigenvalue weighted by molar-refractivity contribution is 0.480. The molecular weight excluding hydrogens is 234 g/mol. The molecule has 0 unspecified atom stereocenters. The normalized spacial score (nSPS) is 11.1. The third-order valence-electron chi connectivity index (χ3n) is 2.31. The molecule has 0 aliphatic carbocycles. The van der Waals surface area contributed by atoms with Crippen LogP contribution in [0.5, 0.6) is 0 Å². The molecule has 92 valence electrons. The average molecular weight is 252 g/mol.